The largest absolute Gasteiger partial charge is 0.481 e. The molecule has 630 valence electrons. The first-order valence-electron chi connectivity index (χ1n) is 39.3. The highest BCUT2D eigenvalue weighted by Gasteiger charge is 2.45. The number of carboxylic acid groups (broad SMARTS) is 2. The highest BCUT2D eigenvalue weighted by molar-refractivity contribution is 7.13. The van der Waals surface area contributed by atoms with E-state index in [9.17, 15) is 67.7 Å². The van der Waals surface area contributed by atoms with Gasteiger partial charge in [-0.05, 0) is 91.7 Å². The van der Waals surface area contributed by atoms with E-state index in [0.29, 0.717) is 11.1 Å². The average Bonchev–Trinajstić information content (AvgIpc) is 1.56. The summed E-state index contributed by atoms with van der Waals surface area (Å²) in [5.41, 5.74) is 20.5. The normalized spacial score (nSPS) is 20.3. The van der Waals surface area contributed by atoms with Crippen molar-refractivity contribution in [2.75, 3.05) is 26.2 Å². The number of carbonyl (C=O) groups is 12. The van der Waals surface area contributed by atoms with Gasteiger partial charge in [-0.1, -0.05) is 193 Å². The van der Waals surface area contributed by atoms with Crippen LogP contribution in [-0.4, -0.2) is 206 Å². The van der Waals surface area contributed by atoms with Gasteiger partial charge in [-0.15, -0.1) is 10.2 Å². The molecule has 8 atom stereocenters. The number of nitrogens with two attached hydrogens (primary N) is 2. The predicted molar refractivity (Wildman–Crippen MR) is 447 cm³/mol. The third-order valence-corrected chi connectivity index (χ3v) is 24.1. The van der Waals surface area contributed by atoms with E-state index in [1.807, 2.05) is 60.7 Å². The fraction of sp³-hybridized carbons (Fsp3) is 0.310. The minimum atomic E-state index is -2.80. The summed E-state index contributed by atoms with van der Waals surface area (Å²) in [6.45, 7) is 3.92. The molecule has 20 N–H and O–H groups in total. The average molecular weight is 1670 g/mol. The van der Waals surface area contributed by atoms with Crippen molar-refractivity contribution in [1.29, 1.82) is 10.8 Å². The number of amides is 10. The second-order valence-electron chi connectivity index (χ2n) is 30.1. The summed E-state index contributed by atoms with van der Waals surface area (Å²) in [5.74, 6) is -12.4. The molecule has 3 aliphatic heterocycles. The molecule has 3 aliphatic rings. The summed E-state index contributed by atoms with van der Waals surface area (Å²) in [4.78, 5) is 164. The number of nitrogens with one attached hydrogen (secondary N) is 14. The minimum absolute atomic E-state index is 0.0306. The van der Waals surface area contributed by atoms with Crippen molar-refractivity contribution in [1.82, 2.24) is 93.8 Å². The fourth-order valence-corrected chi connectivity index (χ4v) is 18.6. The lowest BCUT2D eigenvalue weighted by atomic mass is 9.89. The second kappa shape index (κ2) is 41.0. The maximum atomic E-state index is 14.6. The third kappa shape index (κ3) is 24.3. The smallest absolute Gasteiger partial charge is 0.305 e. The number of allylic oxidation sites excluding steroid dienone is 2. The molecule has 37 heteroatoms. The van der Waals surface area contributed by atoms with Crippen LogP contribution in [0.4, 0.5) is 0 Å². The van der Waals surface area contributed by atoms with Gasteiger partial charge in [0, 0.05) is 51.2 Å². The van der Waals surface area contributed by atoms with E-state index in [-0.39, 0.29) is 101 Å². The van der Waals surface area contributed by atoms with Crippen LogP contribution in [0.3, 0.4) is 0 Å². The summed E-state index contributed by atoms with van der Waals surface area (Å²) in [5, 5.41) is 85.8. The molecule has 2 saturated heterocycles. The molecule has 10 amide bonds. The Balaban J connectivity index is 0.845. The van der Waals surface area contributed by atoms with E-state index >= 15 is 0 Å². The van der Waals surface area contributed by atoms with Gasteiger partial charge in [-0.2, -0.15) is 0 Å². The van der Waals surface area contributed by atoms with Crippen LogP contribution in [0.2, 0.25) is 13.1 Å². The van der Waals surface area contributed by atoms with Crippen LogP contribution in [0.5, 0.6) is 0 Å². The van der Waals surface area contributed by atoms with Gasteiger partial charge in [0.2, 0.25) is 59.1 Å². The summed E-state index contributed by atoms with van der Waals surface area (Å²) >= 11 is 0. The van der Waals surface area contributed by atoms with E-state index in [1.165, 1.54) is 10.4 Å². The zero-order valence-electron chi connectivity index (χ0n) is 66.4. The van der Waals surface area contributed by atoms with Crippen LogP contribution in [0, 0.1) is 10.8 Å². The van der Waals surface area contributed by atoms with E-state index < -0.39 is 153 Å². The molecule has 121 heavy (non-hydrogen) atoms. The highest BCUT2D eigenvalue weighted by atomic mass is 28.3. The third-order valence-electron chi connectivity index (χ3n) is 20.5. The zero-order chi connectivity index (χ0) is 86.3. The Morgan fingerprint density at radius 3 is 1.05 bits per heavy atom. The number of nitrogens with zero attached hydrogens (tertiary/aromatic N) is 6. The van der Waals surface area contributed by atoms with Crippen molar-refractivity contribution >= 4 is 113 Å². The Morgan fingerprint density at radius 2 is 0.719 bits per heavy atom. The van der Waals surface area contributed by atoms with E-state index in [4.69, 9.17) is 22.3 Å². The summed E-state index contributed by atoms with van der Waals surface area (Å²) < 4.78 is 3.15. The van der Waals surface area contributed by atoms with Crippen LogP contribution in [0.25, 0.3) is 21.5 Å². The molecular formula is C84H96N22O14Si. The lowest BCUT2D eigenvalue weighted by molar-refractivity contribution is -0.141. The molecule has 36 nitrogen and oxygen atoms in total. The van der Waals surface area contributed by atoms with Crippen molar-refractivity contribution in [3.8, 4) is 0 Å². The number of rotatable bonds is 28. The molecule has 2 fully saturated rings. The molecule has 5 heterocycles. The van der Waals surface area contributed by atoms with Crippen LogP contribution in [0.1, 0.15) is 94.4 Å². The minimum Gasteiger partial charge on any atom is -0.481 e. The van der Waals surface area contributed by atoms with E-state index in [0.717, 1.165) is 44.5 Å². The molecule has 0 bridgehead atoms. The molecule has 11 rings (SSSR count). The van der Waals surface area contributed by atoms with Gasteiger partial charge >= 0.3 is 11.9 Å². The van der Waals surface area contributed by atoms with Crippen molar-refractivity contribution in [2.24, 2.45) is 11.5 Å². The molecule has 0 aliphatic carbocycles. The Kier molecular flexibility index (Phi) is 29.6. The van der Waals surface area contributed by atoms with Crippen molar-refractivity contribution in [3.63, 3.8) is 0 Å². The second-order valence-corrected chi connectivity index (χ2v) is 34.3. The number of carbonyl (C=O) groups excluding carboxylic acids is 10. The molecule has 8 aromatic rings. The van der Waals surface area contributed by atoms with Crippen LogP contribution < -0.4 is 75.3 Å². The fourth-order valence-electron chi connectivity index (χ4n) is 14.8. The zero-order valence-corrected chi connectivity index (χ0v) is 67.4. The van der Waals surface area contributed by atoms with Crippen molar-refractivity contribution < 1.29 is 67.7 Å². The first-order chi connectivity index (χ1) is 58.1. The monoisotopic (exact) mass is 1660 g/mol. The molecule has 0 saturated carbocycles. The van der Waals surface area contributed by atoms with Gasteiger partial charge in [0.05, 0.1) is 50.4 Å². The predicted octanol–water partition coefficient (Wildman–Crippen LogP) is 0.473. The van der Waals surface area contributed by atoms with Gasteiger partial charge in [-0.3, -0.25) is 68.4 Å². The standard InChI is InChI=1S/C84H96N22O14Si/c1-121(2)73(55-31-27-51(28-32-55)45-105-47-57(101-103-105)39-63-79(117)95-59(25-15-35-89-83(85)86)75(113)91-43-67(107)93-65(41-69(109)110)81(119)97-61(77(115)99-63)37-49-17-7-3-8-18-49)71(53-21-11-5-12-22-53)72(54-23-13-6-14-24-54)74(121)56-33-29-52(30-34-56)46-106-48-58(102-104-106)40-64-80(118)96-60(26-16-36-90-84(87)88)76(114)92-44-68(108)94-66(42-70(111)112)82(120)98-62(78(116)100-64)38-50-19-9-4-10-20-50/h3-14,17-24,27-34,47-48,59-66H,15-16,25-26,35-46H2,1-2H3,(H,91,113)(H,92,114)(H,93,107)(H,94,108)(H,95,117)(H,96,118)(H,97,119)(H,98,120)(H,99,115)(H,100,116)(H,109,110)(H,111,112)(H4,85,86,89)(H4,87,88,90)/t59-,60-,61+,62+,63-,64-,65-,66-/m0/s1. The Bertz CT molecular complexity index is 4890. The maximum Gasteiger partial charge on any atom is 0.305 e. The number of aliphatic carboxylic acids is 2. The molecular weight excluding hydrogens is 1570 g/mol. The van der Waals surface area contributed by atoms with Crippen LogP contribution >= 0.6 is 0 Å². The molecule has 0 unspecified atom stereocenters. The summed E-state index contributed by atoms with van der Waals surface area (Å²) in [7, 11) is -2.80. The quantitative estimate of drug-likeness (QED) is 0.0137. The maximum absolute atomic E-state index is 14.6. The molecule has 0 spiro atoms. The van der Waals surface area contributed by atoms with E-state index in [2.05, 4.69) is 146 Å². The number of aromatic nitrogens is 6. The van der Waals surface area contributed by atoms with Crippen molar-refractivity contribution in [2.45, 2.75) is 139 Å². The SMILES string of the molecule is C[Si]1(C)C(c2ccc(Cn3cc(C[C@@H]4NC(=O)[C@@H](Cc5ccccc5)NC(=O)[C@H](CC(=O)O)NC(=O)CNC(=O)[C@H](CCCNC(=N)N)NC4=O)nn3)cc2)=C(c2ccccc2)C(c2ccccc2)=C1c1ccc(Cn2cc(C[C@@H]3NC(=O)[C@@H](Cc4ccccc4)NC(=O)[C@H](CC(=O)O)NC(=O)CNC(=O)[C@H](CCCNC(=N)N)NC3=O)nn2)cc1. The van der Waals surface area contributed by atoms with Gasteiger partial charge in [0.15, 0.2) is 11.9 Å². The summed E-state index contributed by atoms with van der Waals surface area (Å²) in [6, 6.07) is 42.3. The first-order valence-corrected chi connectivity index (χ1v) is 42.3. The number of guanidine groups is 2. The topological polar surface area (TPSA) is 551 Å². The van der Waals surface area contributed by atoms with Crippen LogP contribution in [0.15, 0.2) is 182 Å². The number of hydrogen-bond donors (Lipinski definition) is 18. The van der Waals surface area contributed by atoms with Gasteiger partial charge in [-0.25, -0.2) is 9.36 Å². The lowest BCUT2D eigenvalue weighted by Gasteiger charge is -2.27. The molecule has 2 aromatic heterocycles. The van der Waals surface area contributed by atoms with Gasteiger partial charge in [0.25, 0.3) is 0 Å². The van der Waals surface area contributed by atoms with Crippen LogP contribution in [-0.2, 0) is 96.3 Å². The molecule has 0 radical (unpaired) electrons. The summed E-state index contributed by atoms with van der Waals surface area (Å²) in [6.07, 6.45) is 1.05. The number of carboxylic acids is 2. The lowest BCUT2D eigenvalue weighted by Crippen LogP contribution is -2.58. The first kappa shape index (κ1) is 87.3. The Labute approximate surface area is 696 Å². The molecule has 6 aromatic carbocycles. The van der Waals surface area contributed by atoms with Gasteiger partial charge < -0.3 is 85.5 Å². The van der Waals surface area contributed by atoms with Gasteiger partial charge in [0.1, 0.15) is 56.4 Å². The van der Waals surface area contributed by atoms with Crippen molar-refractivity contribution in [3.05, 3.63) is 238 Å². The number of benzene rings is 6. The Morgan fingerprint density at radius 1 is 0.405 bits per heavy atom. The highest BCUT2D eigenvalue weighted by Crippen LogP contribution is 2.55. The van der Waals surface area contributed by atoms with E-state index in [1.54, 1.807) is 82.4 Å². The Hall–Kier alpha value is -14.5. The number of hydrogen-bond acceptors (Lipinski definition) is 18.